The van der Waals surface area contributed by atoms with Crippen LogP contribution < -0.4 is 27.4 Å². The zero-order valence-electron chi connectivity index (χ0n) is 31.6. The van der Waals surface area contributed by atoms with E-state index < -0.39 is 65.7 Å². The maximum absolute atomic E-state index is 14.1. The third-order valence-corrected chi connectivity index (χ3v) is 10.1. The summed E-state index contributed by atoms with van der Waals surface area (Å²) in [7, 11) is 0. The van der Waals surface area contributed by atoms with Crippen LogP contribution in [0.5, 0.6) is 0 Å². The second-order valence-corrected chi connectivity index (χ2v) is 14.8. The Morgan fingerprint density at radius 3 is 2.18 bits per heavy atom. The number of ether oxygens (including phenoxy) is 1. The van der Waals surface area contributed by atoms with E-state index in [4.69, 9.17) is 21.3 Å². The number of primary amides is 1. The van der Waals surface area contributed by atoms with Crippen molar-refractivity contribution in [1.29, 1.82) is 0 Å². The van der Waals surface area contributed by atoms with Crippen LogP contribution in [-0.2, 0) is 46.3 Å². The fraction of sp³-hybridized carbons (Fsp3) is 0.512. The van der Waals surface area contributed by atoms with Crippen molar-refractivity contribution in [2.75, 3.05) is 0 Å². The lowest BCUT2D eigenvalue weighted by molar-refractivity contribution is -0.152. The number of hydrogen-bond donors (Lipinski definition) is 7. The number of nitrogens with one attached hydrogen (secondary N) is 4. The topological polar surface area (TPSA) is 236 Å². The minimum absolute atomic E-state index is 0.0706. The van der Waals surface area contributed by atoms with Gasteiger partial charge in [-0.3, -0.25) is 28.8 Å². The molecule has 0 aliphatic heterocycles. The van der Waals surface area contributed by atoms with Gasteiger partial charge in [0.05, 0.1) is 12.0 Å². The summed E-state index contributed by atoms with van der Waals surface area (Å²) >= 11 is 0. The molecule has 0 unspecified atom stereocenters. The van der Waals surface area contributed by atoms with E-state index in [1.807, 2.05) is 30.3 Å². The predicted molar refractivity (Wildman–Crippen MR) is 207 cm³/mol. The Hall–Kier alpha value is -5.24. The number of para-hydroxylation sites is 1. The normalized spacial score (nSPS) is 15.9. The van der Waals surface area contributed by atoms with Gasteiger partial charge in [0.15, 0.2) is 0 Å². The number of benzene rings is 2. The first-order chi connectivity index (χ1) is 26.3. The Morgan fingerprint density at radius 1 is 0.836 bits per heavy atom. The van der Waals surface area contributed by atoms with Crippen molar-refractivity contribution >= 4 is 46.5 Å². The van der Waals surface area contributed by atoms with Crippen LogP contribution >= 0.6 is 0 Å². The van der Waals surface area contributed by atoms with Crippen LogP contribution in [0.25, 0.3) is 10.9 Å². The van der Waals surface area contributed by atoms with Crippen molar-refractivity contribution in [2.24, 2.45) is 11.5 Å². The van der Waals surface area contributed by atoms with Crippen LogP contribution in [0.4, 0.5) is 0 Å². The molecule has 9 N–H and O–H groups in total. The first kappa shape index (κ1) is 42.5. The molecule has 0 radical (unpaired) electrons. The van der Waals surface area contributed by atoms with E-state index in [2.05, 4.69) is 20.9 Å². The van der Waals surface area contributed by atoms with E-state index in [1.54, 1.807) is 37.4 Å². The summed E-state index contributed by atoms with van der Waals surface area (Å²) in [5.74, 6) is -4.44. The lowest BCUT2D eigenvalue weighted by Crippen LogP contribution is -2.60. The van der Waals surface area contributed by atoms with Gasteiger partial charge in [-0.15, -0.1) is 0 Å². The maximum Gasteiger partial charge on any atom is 0.308 e. The third-order valence-electron chi connectivity index (χ3n) is 10.1. The molecule has 14 heteroatoms. The summed E-state index contributed by atoms with van der Waals surface area (Å²) in [5.41, 5.74) is 13.3. The fourth-order valence-corrected chi connectivity index (χ4v) is 6.91. The highest BCUT2D eigenvalue weighted by molar-refractivity contribution is 5.97. The van der Waals surface area contributed by atoms with E-state index in [0.29, 0.717) is 38.5 Å². The summed E-state index contributed by atoms with van der Waals surface area (Å²) in [6.07, 6.45) is 8.88. The van der Waals surface area contributed by atoms with Crippen LogP contribution in [0.3, 0.4) is 0 Å². The molecule has 4 amide bonds. The largest absolute Gasteiger partial charge is 0.481 e. The van der Waals surface area contributed by atoms with Crippen molar-refractivity contribution in [3.05, 3.63) is 71.9 Å². The van der Waals surface area contributed by atoms with Gasteiger partial charge in [0.2, 0.25) is 23.6 Å². The van der Waals surface area contributed by atoms with E-state index in [-0.39, 0.29) is 31.8 Å². The maximum atomic E-state index is 14.1. The molecule has 298 valence electrons. The molecule has 0 saturated heterocycles. The van der Waals surface area contributed by atoms with E-state index in [0.717, 1.165) is 47.7 Å². The summed E-state index contributed by atoms with van der Waals surface area (Å²) in [4.78, 5) is 81.5. The highest BCUT2D eigenvalue weighted by Gasteiger charge is 2.35. The van der Waals surface area contributed by atoms with Gasteiger partial charge in [-0.05, 0) is 62.6 Å². The monoisotopic (exact) mass is 760 g/mol. The molecule has 2 aromatic carbocycles. The number of carboxylic acid groups (broad SMARTS) is 1. The molecule has 1 saturated carbocycles. The smallest absolute Gasteiger partial charge is 0.308 e. The predicted octanol–water partition coefficient (Wildman–Crippen LogP) is 3.69. The van der Waals surface area contributed by atoms with Gasteiger partial charge in [-0.25, -0.2) is 0 Å². The zero-order valence-corrected chi connectivity index (χ0v) is 31.6. The molecule has 55 heavy (non-hydrogen) atoms. The lowest BCUT2D eigenvalue weighted by atomic mass is 9.92. The molecule has 0 spiro atoms. The number of fused-ring (bicyclic) bond motifs is 1. The van der Waals surface area contributed by atoms with Gasteiger partial charge in [-0.2, -0.15) is 0 Å². The molecule has 14 nitrogen and oxygen atoms in total. The van der Waals surface area contributed by atoms with E-state index in [1.165, 1.54) is 0 Å². The number of carboxylic acids is 1. The molecular weight excluding hydrogens is 704 g/mol. The molecule has 1 aliphatic carbocycles. The first-order valence-corrected chi connectivity index (χ1v) is 19.3. The van der Waals surface area contributed by atoms with Crippen LogP contribution in [0.2, 0.25) is 0 Å². The van der Waals surface area contributed by atoms with Gasteiger partial charge >= 0.3 is 11.9 Å². The summed E-state index contributed by atoms with van der Waals surface area (Å²) in [6.45, 7) is 1.58. The Kier molecular flexibility index (Phi) is 16.2. The minimum atomic E-state index is -1.45. The van der Waals surface area contributed by atoms with Gasteiger partial charge in [0, 0.05) is 36.4 Å². The Balaban J connectivity index is 1.51. The molecule has 1 heterocycles. The van der Waals surface area contributed by atoms with E-state index in [9.17, 15) is 28.8 Å². The number of rotatable bonds is 22. The summed E-state index contributed by atoms with van der Waals surface area (Å²) in [6, 6.07) is 12.9. The number of nitrogens with two attached hydrogens (primary N) is 2. The molecule has 1 aliphatic rings. The molecular formula is C41H56N6O8. The first-order valence-electron chi connectivity index (χ1n) is 19.3. The van der Waals surface area contributed by atoms with E-state index >= 15 is 0 Å². The molecule has 4 atom stereocenters. The van der Waals surface area contributed by atoms with Crippen LogP contribution in [-0.4, -0.2) is 75.4 Å². The number of aromatic nitrogens is 1. The number of carbonyl (C=O) groups is 6. The lowest BCUT2D eigenvalue weighted by Gasteiger charge is -2.29. The number of carbonyl (C=O) groups excluding carboxylic acids is 5. The quantitative estimate of drug-likeness (QED) is 0.0583. The van der Waals surface area contributed by atoms with Gasteiger partial charge in [0.25, 0.3) is 0 Å². The fourth-order valence-electron chi connectivity index (χ4n) is 6.91. The number of unbranched alkanes of at least 4 members (excludes halogenated alkanes) is 4. The highest BCUT2D eigenvalue weighted by Crippen LogP contribution is 2.23. The van der Waals surface area contributed by atoms with Crippen molar-refractivity contribution in [1.82, 2.24) is 20.9 Å². The standard InChI is InChI=1S/C41H56N6O8/c1-41(43,25-28-26-44-31-20-14-13-19-30(28)31)40(54)47-32(21-11-3-2-4-12-22-35(48)49)38(52)46-34(24-36(50)55-29-17-9-6-10-18-29)39(53)45-33(37(42)51)23-27-15-7-5-8-16-27/h5,7-8,13-16,19-20,26,29,32-34,44H,2-4,6,9-12,17-18,21-25,43H2,1H3,(H2,42,51)(H,45,53)(H,46,52)(H,47,54)(H,48,49)/t32-,33-,34-,41+/m0/s1. The minimum Gasteiger partial charge on any atom is -0.481 e. The molecule has 3 aromatic rings. The number of amides is 4. The van der Waals surface area contributed by atoms with Crippen LogP contribution in [0, 0.1) is 0 Å². The Labute approximate surface area is 321 Å². The molecule has 1 aromatic heterocycles. The average Bonchev–Trinajstić information content (AvgIpc) is 3.55. The number of hydrogen-bond acceptors (Lipinski definition) is 8. The van der Waals surface area contributed by atoms with Gasteiger partial charge in [-0.1, -0.05) is 80.6 Å². The summed E-state index contributed by atoms with van der Waals surface area (Å²) in [5, 5.41) is 17.9. The van der Waals surface area contributed by atoms with Crippen molar-refractivity contribution in [3.63, 3.8) is 0 Å². The number of aromatic amines is 1. The number of H-pyrrole nitrogens is 1. The van der Waals surface area contributed by atoms with Crippen molar-refractivity contribution in [2.45, 2.75) is 133 Å². The second kappa shape index (κ2) is 21.0. The SMILES string of the molecule is C[C@@](N)(Cc1c[nH]c2ccccc12)C(=O)N[C@@H](CCCCCCCC(=O)O)C(=O)N[C@@H](CC(=O)OC1CCCCC1)C(=O)N[C@@H](Cc1ccccc1)C(N)=O. The third kappa shape index (κ3) is 13.8. The average molecular weight is 761 g/mol. The molecule has 1 fully saturated rings. The van der Waals surface area contributed by atoms with Gasteiger partial charge < -0.3 is 42.2 Å². The molecule has 4 rings (SSSR count). The number of aliphatic carboxylic acids is 1. The number of esters is 1. The van der Waals surface area contributed by atoms with Crippen molar-refractivity contribution in [3.8, 4) is 0 Å². The Bertz CT molecular complexity index is 1750. The van der Waals surface area contributed by atoms with Crippen molar-refractivity contribution < 1.29 is 38.6 Å². The zero-order chi connectivity index (χ0) is 39.8. The van der Waals surface area contributed by atoms with Crippen LogP contribution in [0.15, 0.2) is 60.8 Å². The van der Waals surface area contributed by atoms with Gasteiger partial charge in [0.1, 0.15) is 24.2 Å². The van der Waals surface area contributed by atoms with Crippen LogP contribution in [0.1, 0.15) is 102 Å². The molecule has 0 bridgehead atoms. The second-order valence-electron chi connectivity index (χ2n) is 14.8. The Morgan fingerprint density at radius 2 is 1.47 bits per heavy atom. The summed E-state index contributed by atoms with van der Waals surface area (Å²) < 4.78 is 5.69. The highest BCUT2D eigenvalue weighted by atomic mass is 16.5.